The van der Waals surface area contributed by atoms with Crippen molar-refractivity contribution in [3.05, 3.63) is 99.8 Å². The lowest BCUT2D eigenvalue weighted by Crippen LogP contribution is -2.36. The maximum absolute atomic E-state index is 12.8. The first-order valence-electron chi connectivity index (χ1n) is 8.80. The summed E-state index contributed by atoms with van der Waals surface area (Å²) >= 11 is 7.29. The zero-order valence-corrected chi connectivity index (χ0v) is 16.7. The summed E-state index contributed by atoms with van der Waals surface area (Å²) < 4.78 is 0. The number of benzene rings is 3. The zero-order valence-electron chi connectivity index (χ0n) is 15.1. The number of fused-ring (bicyclic) bond motifs is 1. The van der Waals surface area contributed by atoms with Gasteiger partial charge in [0, 0.05) is 15.3 Å². The van der Waals surface area contributed by atoms with Crippen molar-refractivity contribution >= 4 is 40.0 Å². The molecule has 7 heteroatoms. The van der Waals surface area contributed by atoms with Gasteiger partial charge in [0.25, 0.3) is 5.56 Å². The van der Waals surface area contributed by atoms with E-state index in [0.717, 1.165) is 20.6 Å². The summed E-state index contributed by atoms with van der Waals surface area (Å²) in [4.78, 5) is 27.3. The van der Waals surface area contributed by atoms with Crippen molar-refractivity contribution < 1.29 is 4.79 Å². The molecule has 1 aromatic heterocycles. The van der Waals surface area contributed by atoms with Gasteiger partial charge < -0.3 is 0 Å². The highest BCUT2D eigenvalue weighted by molar-refractivity contribution is 7.99. The van der Waals surface area contributed by atoms with Crippen molar-refractivity contribution in [2.75, 3.05) is 5.43 Å². The lowest BCUT2D eigenvalue weighted by molar-refractivity contribution is -0.116. The maximum Gasteiger partial charge on any atom is 0.294 e. The summed E-state index contributed by atoms with van der Waals surface area (Å²) in [5, 5.41) is 6.84. The minimum atomic E-state index is -0.379. The second-order valence-corrected chi connectivity index (χ2v) is 7.74. The van der Waals surface area contributed by atoms with Crippen LogP contribution in [0.1, 0.15) is 5.56 Å². The lowest BCUT2D eigenvalue weighted by atomic mass is 10.1. The minimum absolute atomic E-state index is 0.106. The Morgan fingerprint density at radius 2 is 1.72 bits per heavy atom. The van der Waals surface area contributed by atoms with Gasteiger partial charge in [0.15, 0.2) is 0 Å². The van der Waals surface area contributed by atoms with E-state index in [-0.39, 0.29) is 17.9 Å². The highest BCUT2D eigenvalue weighted by Gasteiger charge is 2.13. The molecular weight excluding hydrogens is 406 g/mol. The predicted octanol–water partition coefficient (Wildman–Crippen LogP) is 4.31. The predicted molar refractivity (Wildman–Crippen MR) is 115 cm³/mol. The molecule has 1 radical (unpaired) electrons. The zero-order chi connectivity index (χ0) is 20.2. The molecule has 0 saturated heterocycles. The Morgan fingerprint density at radius 1 is 1.03 bits per heavy atom. The summed E-state index contributed by atoms with van der Waals surface area (Å²) in [5.74, 6) is -0.345. The van der Waals surface area contributed by atoms with Crippen LogP contribution in [0.2, 0.25) is 5.02 Å². The third kappa shape index (κ3) is 4.50. The number of amides is 1. The monoisotopic (exact) mass is 420 g/mol. The van der Waals surface area contributed by atoms with E-state index in [2.05, 4.69) is 16.6 Å². The molecule has 0 aliphatic carbocycles. The van der Waals surface area contributed by atoms with Crippen molar-refractivity contribution in [2.24, 2.45) is 0 Å². The fraction of sp³-hybridized carbons (Fsp3) is 0.0455. The second-order valence-electron chi connectivity index (χ2n) is 6.24. The number of rotatable bonds is 5. The van der Waals surface area contributed by atoms with Crippen molar-refractivity contribution in [3.8, 4) is 0 Å². The van der Waals surface area contributed by atoms with Crippen LogP contribution in [-0.4, -0.2) is 15.8 Å². The van der Waals surface area contributed by atoms with Gasteiger partial charge >= 0.3 is 0 Å². The molecule has 4 rings (SSSR count). The van der Waals surface area contributed by atoms with Gasteiger partial charge in [0.05, 0.1) is 11.8 Å². The van der Waals surface area contributed by atoms with Crippen LogP contribution in [0.5, 0.6) is 0 Å². The Kier molecular flexibility index (Phi) is 5.64. The number of carbonyl (C=O) groups excluding carboxylic acids is 1. The van der Waals surface area contributed by atoms with E-state index in [1.54, 1.807) is 36.4 Å². The lowest BCUT2D eigenvalue weighted by Gasteiger charge is -2.11. The van der Waals surface area contributed by atoms with Crippen molar-refractivity contribution in [1.82, 2.24) is 9.89 Å². The number of nitrogens with one attached hydrogen (secondary N) is 1. The molecule has 3 aromatic carbocycles. The third-order valence-electron chi connectivity index (χ3n) is 4.18. The van der Waals surface area contributed by atoms with E-state index in [0.29, 0.717) is 15.4 Å². The molecule has 4 aromatic rings. The van der Waals surface area contributed by atoms with Crippen molar-refractivity contribution in [1.29, 1.82) is 0 Å². The first-order valence-corrected chi connectivity index (χ1v) is 10.00. The molecule has 29 heavy (non-hydrogen) atoms. The van der Waals surface area contributed by atoms with Gasteiger partial charge in [-0.1, -0.05) is 65.8 Å². The molecule has 143 valence electrons. The third-order valence-corrected chi connectivity index (χ3v) is 5.44. The van der Waals surface area contributed by atoms with Crippen LogP contribution >= 0.6 is 23.4 Å². The largest absolute Gasteiger partial charge is 0.294 e. The summed E-state index contributed by atoms with van der Waals surface area (Å²) in [6, 6.07) is 24.6. The Balaban J connectivity index is 1.66. The summed E-state index contributed by atoms with van der Waals surface area (Å²) in [7, 11) is 0. The molecule has 0 fully saturated rings. The van der Waals surface area contributed by atoms with Crippen molar-refractivity contribution in [3.63, 3.8) is 0 Å². The number of aromatic nitrogens is 2. The Morgan fingerprint density at radius 3 is 2.45 bits per heavy atom. The molecule has 0 aliphatic heterocycles. The van der Waals surface area contributed by atoms with Gasteiger partial charge in [-0.05, 0) is 42.0 Å². The summed E-state index contributed by atoms with van der Waals surface area (Å²) in [6.07, 6.45) is 0.106. The normalized spacial score (nSPS) is 10.8. The Labute approximate surface area is 176 Å². The summed E-state index contributed by atoms with van der Waals surface area (Å²) in [5.41, 5.74) is 3.00. The molecular formula is C22H15ClN3O2S. The Hall–Kier alpha value is -3.09. The number of carbonyl (C=O) groups is 1. The minimum Gasteiger partial charge on any atom is -0.273 e. The quantitative estimate of drug-likeness (QED) is 0.522. The van der Waals surface area contributed by atoms with Crippen LogP contribution in [0.4, 0.5) is 0 Å². The molecule has 0 aliphatic rings. The molecule has 5 nitrogen and oxygen atoms in total. The highest BCUT2D eigenvalue weighted by atomic mass is 35.5. The highest BCUT2D eigenvalue weighted by Crippen LogP contribution is 2.30. The standard InChI is InChI=1S/C22H15ClN3O2S/c23-16-12-10-15(11-13-16)14-20(27)24-26-22(28)19-9-5-4-8-18(19)21(25-26)29-17-6-2-1-3-7-17/h2-13H,14H2,(H,24,27). The van der Waals surface area contributed by atoms with E-state index in [9.17, 15) is 9.59 Å². The van der Waals surface area contributed by atoms with Gasteiger partial charge in [0.1, 0.15) is 5.03 Å². The molecule has 0 unspecified atom stereocenters. The first kappa shape index (κ1) is 19.2. The number of halogens is 1. The summed E-state index contributed by atoms with van der Waals surface area (Å²) in [6.45, 7) is 0. The molecule has 0 spiro atoms. The van der Waals surface area contributed by atoms with Gasteiger partial charge in [-0.25, -0.2) is 5.43 Å². The van der Waals surface area contributed by atoms with Crippen LogP contribution < -0.4 is 11.0 Å². The van der Waals surface area contributed by atoms with Crippen LogP contribution in [0, 0.1) is 6.07 Å². The average molecular weight is 421 g/mol. The number of nitrogens with zero attached hydrogens (tertiary/aromatic N) is 2. The van der Waals surface area contributed by atoms with Gasteiger partial charge in [-0.2, -0.15) is 0 Å². The van der Waals surface area contributed by atoms with E-state index in [1.165, 1.54) is 11.8 Å². The number of hydrogen-bond donors (Lipinski definition) is 1. The average Bonchev–Trinajstić information content (AvgIpc) is 2.74. The molecule has 0 saturated carbocycles. The van der Waals surface area contributed by atoms with Gasteiger partial charge in [-0.3, -0.25) is 9.59 Å². The molecule has 1 amide bonds. The second kappa shape index (κ2) is 8.51. The molecule has 0 atom stereocenters. The van der Waals surface area contributed by atoms with Crippen LogP contribution in [0.25, 0.3) is 10.8 Å². The van der Waals surface area contributed by atoms with Crippen LogP contribution in [0.15, 0.2) is 87.5 Å². The van der Waals surface area contributed by atoms with Crippen LogP contribution in [0.3, 0.4) is 0 Å². The van der Waals surface area contributed by atoms with E-state index < -0.39 is 0 Å². The maximum atomic E-state index is 12.8. The number of hydrogen-bond acceptors (Lipinski definition) is 4. The van der Waals surface area contributed by atoms with Crippen LogP contribution in [-0.2, 0) is 11.2 Å². The fourth-order valence-electron chi connectivity index (χ4n) is 2.81. The molecule has 1 N–H and O–H groups in total. The molecule has 0 bridgehead atoms. The van der Waals surface area contributed by atoms with Gasteiger partial charge in [-0.15, -0.1) is 9.89 Å². The Bertz CT molecular complexity index is 1220. The van der Waals surface area contributed by atoms with E-state index in [1.807, 2.05) is 36.4 Å². The van der Waals surface area contributed by atoms with E-state index in [4.69, 9.17) is 11.6 Å². The molecule has 1 heterocycles. The fourth-order valence-corrected chi connectivity index (χ4v) is 3.84. The first-order chi connectivity index (χ1) is 14.1. The van der Waals surface area contributed by atoms with E-state index >= 15 is 0 Å². The topological polar surface area (TPSA) is 64.0 Å². The van der Waals surface area contributed by atoms with Gasteiger partial charge in [0.2, 0.25) is 5.91 Å². The smallest absolute Gasteiger partial charge is 0.273 e. The van der Waals surface area contributed by atoms with Crippen molar-refractivity contribution in [2.45, 2.75) is 16.3 Å². The SMILES string of the molecule is O=C(Cc1ccc(Cl)cc1)Nn1nc(Sc2cc[c]cc2)c2ccccc2c1=O.